The number of nitrogens with one attached hydrogen (secondary N) is 2. The zero-order valence-corrected chi connectivity index (χ0v) is 16.8. The molecule has 7 nitrogen and oxygen atoms in total. The van der Waals surface area contributed by atoms with Crippen molar-refractivity contribution in [2.24, 2.45) is 5.92 Å². The summed E-state index contributed by atoms with van der Waals surface area (Å²) >= 11 is 3.20. The molecule has 0 aliphatic heterocycles. The molecule has 10 heteroatoms. The molecule has 1 fully saturated rings. The van der Waals surface area contributed by atoms with Gasteiger partial charge >= 0.3 is 0 Å². The SMILES string of the molecule is CN(C)S(=O)(=O)NC[C@H]1CC[C@H](Nc2nc(-c3nccs3)cs2)CC1. The first kappa shape index (κ1) is 18.7. The van der Waals surface area contributed by atoms with Crippen LogP contribution in [0.4, 0.5) is 5.13 Å². The van der Waals surface area contributed by atoms with Crippen LogP contribution in [0.25, 0.3) is 10.7 Å². The van der Waals surface area contributed by atoms with Crippen molar-refractivity contribution in [3.8, 4) is 10.7 Å². The smallest absolute Gasteiger partial charge is 0.278 e. The minimum absolute atomic E-state index is 0.398. The number of nitrogens with zero attached hydrogens (tertiary/aromatic N) is 3. The highest BCUT2D eigenvalue weighted by atomic mass is 32.2. The van der Waals surface area contributed by atoms with Crippen LogP contribution in [0.15, 0.2) is 17.0 Å². The van der Waals surface area contributed by atoms with Crippen molar-refractivity contribution in [2.75, 3.05) is 26.0 Å². The van der Waals surface area contributed by atoms with Crippen LogP contribution in [0, 0.1) is 5.92 Å². The molecule has 1 aliphatic rings. The van der Waals surface area contributed by atoms with Crippen LogP contribution in [0.2, 0.25) is 0 Å². The zero-order chi connectivity index (χ0) is 17.9. The Labute approximate surface area is 156 Å². The van der Waals surface area contributed by atoms with Gasteiger partial charge in [0.25, 0.3) is 10.2 Å². The van der Waals surface area contributed by atoms with Crippen molar-refractivity contribution in [1.29, 1.82) is 0 Å². The lowest BCUT2D eigenvalue weighted by molar-refractivity contribution is 0.335. The number of aromatic nitrogens is 2. The lowest BCUT2D eigenvalue weighted by Gasteiger charge is -2.29. The molecule has 0 spiro atoms. The topological polar surface area (TPSA) is 87.2 Å². The predicted octanol–water partition coefficient (Wildman–Crippen LogP) is 2.63. The highest BCUT2D eigenvalue weighted by molar-refractivity contribution is 7.87. The monoisotopic (exact) mass is 401 g/mol. The fourth-order valence-electron chi connectivity index (χ4n) is 2.83. The number of hydrogen-bond acceptors (Lipinski definition) is 7. The predicted molar refractivity (Wildman–Crippen MR) is 103 cm³/mol. The molecule has 2 N–H and O–H groups in total. The van der Waals surface area contributed by atoms with Gasteiger partial charge in [-0.15, -0.1) is 22.7 Å². The molecule has 1 saturated carbocycles. The lowest BCUT2D eigenvalue weighted by atomic mass is 9.86. The van der Waals surface area contributed by atoms with Gasteiger partial charge in [0.15, 0.2) is 5.13 Å². The van der Waals surface area contributed by atoms with Crippen molar-refractivity contribution >= 4 is 38.0 Å². The molecule has 138 valence electrons. The van der Waals surface area contributed by atoms with Crippen LogP contribution in [-0.2, 0) is 10.2 Å². The molecule has 2 aromatic heterocycles. The summed E-state index contributed by atoms with van der Waals surface area (Å²) in [4.78, 5) is 8.90. The van der Waals surface area contributed by atoms with Gasteiger partial charge in [0.2, 0.25) is 0 Å². The molecule has 25 heavy (non-hydrogen) atoms. The van der Waals surface area contributed by atoms with Gasteiger partial charge in [0.05, 0.1) is 0 Å². The molecule has 1 aliphatic carbocycles. The largest absolute Gasteiger partial charge is 0.359 e. The van der Waals surface area contributed by atoms with E-state index in [-0.39, 0.29) is 0 Å². The Balaban J connectivity index is 1.45. The molecule has 0 radical (unpaired) electrons. The first-order valence-corrected chi connectivity index (χ1v) is 11.4. The van der Waals surface area contributed by atoms with Crippen LogP contribution in [0.3, 0.4) is 0 Å². The van der Waals surface area contributed by atoms with Crippen molar-refractivity contribution in [3.05, 3.63) is 17.0 Å². The molecule has 0 aromatic carbocycles. The Hall–Kier alpha value is -1.07. The fourth-order valence-corrected chi connectivity index (χ4v) is 4.98. The first-order valence-electron chi connectivity index (χ1n) is 8.23. The highest BCUT2D eigenvalue weighted by Gasteiger charge is 2.24. The quantitative estimate of drug-likeness (QED) is 0.745. The van der Waals surface area contributed by atoms with Gasteiger partial charge in [0, 0.05) is 43.6 Å². The molecular formula is C15H23N5O2S3. The van der Waals surface area contributed by atoms with Crippen molar-refractivity contribution in [2.45, 2.75) is 31.7 Å². The van der Waals surface area contributed by atoms with Crippen LogP contribution in [-0.4, -0.2) is 49.4 Å². The first-order chi connectivity index (χ1) is 11.9. The standard InChI is InChI=1S/C15H23N5O2S3/c1-20(2)25(21,22)17-9-11-3-5-12(6-4-11)18-15-19-13(10-24-15)14-16-7-8-23-14/h7-8,10-12,17H,3-6,9H2,1-2H3,(H,18,19)/t11-,12-. The summed E-state index contributed by atoms with van der Waals surface area (Å²) in [5, 5.41) is 9.37. The summed E-state index contributed by atoms with van der Waals surface area (Å²) in [5.74, 6) is 0.398. The van der Waals surface area contributed by atoms with Crippen LogP contribution in [0.1, 0.15) is 25.7 Å². The molecule has 0 saturated heterocycles. The molecule has 2 aromatic rings. The average Bonchev–Trinajstić information content (AvgIpc) is 3.25. The molecule has 0 atom stereocenters. The van der Waals surface area contributed by atoms with Crippen LogP contribution in [0.5, 0.6) is 0 Å². The second kappa shape index (κ2) is 8.09. The summed E-state index contributed by atoms with van der Waals surface area (Å²) in [6.07, 6.45) is 5.87. The maximum atomic E-state index is 11.8. The van der Waals surface area contributed by atoms with Crippen LogP contribution >= 0.6 is 22.7 Å². The van der Waals surface area contributed by atoms with E-state index in [4.69, 9.17) is 0 Å². The van der Waals surface area contributed by atoms with Gasteiger partial charge in [-0.2, -0.15) is 12.7 Å². The van der Waals surface area contributed by atoms with Crippen molar-refractivity contribution in [1.82, 2.24) is 19.0 Å². The van der Waals surface area contributed by atoms with Gasteiger partial charge < -0.3 is 5.32 Å². The molecule has 0 amide bonds. The van der Waals surface area contributed by atoms with E-state index in [1.54, 1.807) is 28.9 Å². The van der Waals surface area contributed by atoms with E-state index in [2.05, 4.69) is 20.0 Å². The van der Waals surface area contributed by atoms with Gasteiger partial charge in [-0.05, 0) is 31.6 Å². The Morgan fingerprint density at radius 2 is 2.00 bits per heavy atom. The summed E-state index contributed by atoms with van der Waals surface area (Å²) in [6, 6.07) is 0.400. The normalized spacial score (nSPS) is 21.6. The van der Waals surface area contributed by atoms with E-state index in [9.17, 15) is 8.42 Å². The number of anilines is 1. The third kappa shape index (κ3) is 4.98. The number of thiazole rings is 2. The molecule has 3 rings (SSSR count). The maximum Gasteiger partial charge on any atom is 0.278 e. The maximum absolute atomic E-state index is 11.8. The van der Waals surface area contributed by atoms with Crippen molar-refractivity contribution < 1.29 is 8.42 Å². The Morgan fingerprint density at radius 1 is 1.24 bits per heavy atom. The van der Waals surface area contributed by atoms with E-state index in [0.29, 0.717) is 18.5 Å². The van der Waals surface area contributed by atoms with Crippen molar-refractivity contribution in [3.63, 3.8) is 0 Å². The third-order valence-corrected chi connectivity index (χ3v) is 7.43. The Bertz CT molecular complexity index is 765. The second-order valence-corrected chi connectivity index (χ2v) is 10.1. The minimum Gasteiger partial charge on any atom is -0.359 e. The van der Waals surface area contributed by atoms with E-state index >= 15 is 0 Å². The fraction of sp³-hybridized carbons (Fsp3) is 0.600. The average molecular weight is 402 g/mol. The summed E-state index contributed by atoms with van der Waals surface area (Å²) < 4.78 is 27.4. The van der Waals surface area contributed by atoms with Crippen LogP contribution < -0.4 is 10.0 Å². The summed E-state index contributed by atoms with van der Waals surface area (Å²) in [6.45, 7) is 0.513. The van der Waals surface area contributed by atoms with E-state index in [1.165, 1.54) is 18.4 Å². The van der Waals surface area contributed by atoms with E-state index in [1.807, 2.05) is 10.8 Å². The van der Waals surface area contributed by atoms with Gasteiger partial charge in [0.1, 0.15) is 10.7 Å². The molecule has 0 bridgehead atoms. The van der Waals surface area contributed by atoms with Gasteiger partial charge in [-0.25, -0.2) is 14.7 Å². The summed E-state index contributed by atoms with van der Waals surface area (Å²) in [5.41, 5.74) is 0.925. The molecule has 2 heterocycles. The molecule has 0 unspecified atom stereocenters. The zero-order valence-electron chi connectivity index (χ0n) is 14.3. The molecular weight excluding hydrogens is 378 g/mol. The van der Waals surface area contributed by atoms with E-state index < -0.39 is 10.2 Å². The second-order valence-electron chi connectivity index (χ2n) is 6.37. The number of hydrogen-bond donors (Lipinski definition) is 2. The lowest BCUT2D eigenvalue weighted by Crippen LogP contribution is -2.39. The van der Waals surface area contributed by atoms with E-state index in [0.717, 1.165) is 41.5 Å². The highest BCUT2D eigenvalue weighted by Crippen LogP contribution is 2.30. The van der Waals surface area contributed by atoms with Gasteiger partial charge in [-0.3, -0.25) is 0 Å². The Kier molecular flexibility index (Phi) is 6.05. The van der Waals surface area contributed by atoms with Gasteiger partial charge in [-0.1, -0.05) is 0 Å². The Morgan fingerprint density at radius 3 is 2.64 bits per heavy atom. The summed E-state index contributed by atoms with van der Waals surface area (Å²) in [7, 11) is -0.246. The third-order valence-electron chi connectivity index (χ3n) is 4.37. The minimum atomic E-state index is -3.32. The number of rotatable bonds is 7.